The zero-order valence-electron chi connectivity index (χ0n) is 28.9. The lowest BCUT2D eigenvalue weighted by Crippen LogP contribution is -2.30. The fourth-order valence-electron chi connectivity index (χ4n) is 4.45. The smallest absolute Gasteiger partial charge is 0.310 e. The molecule has 0 N–H and O–H groups in total. The van der Waals surface area contributed by atoms with Gasteiger partial charge in [0.05, 0.1) is 6.42 Å². The van der Waals surface area contributed by atoms with E-state index < -0.39 is 12.1 Å². The topological polar surface area (TPSA) is 78.9 Å². The molecule has 0 aromatic carbocycles. The molecule has 0 amide bonds. The Bertz CT molecular complexity index is 867. The first-order valence-corrected chi connectivity index (χ1v) is 17.8. The van der Waals surface area contributed by atoms with Crippen LogP contribution in [-0.2, 0) is 28.6 Å². The first-order valence-electron chi connectivity index (χ1n) is 17.8. The van der Waals surface area contributed by atoms with Crippen LogP contribution in [0.1, 0.15) is 149 Å². The normalized spacial score (nSPS) is 12.7. The van der Waals surface area contributed by atoms with Crippen LogP contribution in [0, 0.1) is 0 Å². The second kappa shape index (κ2) is 34.0. The van der Waals surface area contributed by atoms with Gasteiger partial charge in [-0.15, -0.1) is 0 Å². The van der Waals surface area contributed by atoms with E-state index >= 15 is 0 Å². The van der Waals surface area contributed by atoms with Crippen LogP contribution in [0.2, 0.25) is 0 Å². The summed E-state index contributed by atoms with van der Waals surface area (Å²) in [4.78, 5) is 36.8. The molecule has 0 spiro atoms. The number of ether oxygens (including phenoxy) is 3. The summed E-state index contributed by atoms with van der Waals surface area (Å²) in [7, 11) is 0. The fourth-order valence-corrected chi connectivity index (χ4v) is 4.45. The van der Waals surface area contributed by atoms with Crippen LogP contribution in [-0.4, -0.2) is 37.2 Å². The van der Waals surface area contributed by atoms with E-state index in [1.807, 2.05) is 13.0 Å². The van der Waals surface area contributed by atoms with Crippen LogP contribution in [0.3, 0.4) is 0 Å². The number of carbonyl (C=O) groups excluding carboxylic acids is 3. The Hall–Kier alpha value is -2.89. The van der Waals surface area contributed by atoms with Crippen molar-refractivity contribution in [1.82, 2.24) is 0 Å². The highest BCUT2D eigenvalue weighted by Gasteiger charge is 2.19. The predicted octanol–water partition coefficient (Wildman–Crippen LogP) is 10.6. The highest BCUT2D eigenvalue weighted by atomic mass is 16.6. The number of hydrogen-bond donors (Lipinski definition) is 0. The van der Waals surface area contributed by atoms with Gasteiger partial charge in [0.25, 0.3) is 0 Å². The second-order valence-corrected chi connectivity index (χ2v) is 11.3. The van der Waals surface area contributed by atoms with Crippen molar-refractivity contribution in [3.8, 4) is 0 Å². The quantitative estimate of drug-likeness (QED) is 0.0341. The minimum Gasteiger partial charge on any atom is -0.462 e. The first kappa shape index (κ1) is 42.1. The fraction of sp³-hybridized carbons (Fsp3) is 0.667. The van der Waals surface area contributed by atoms with Crippen molar-refractivity contribution in [2.24, 2.45) is 0 Å². The molecular formula is C39H64O6. The van der Waals surface area contributed by atoms with E-state index in [1.165, 1.54) is 6.42 Å². The molecule has 0 saturated heterocycles. The van der Waals surface area contributed by atoms with Crippen LogP contribution in [0.4, 0.5) is 0 Å². The molecule has 0 aliphatic heterocycles. The van der Waals surface area contributed by atoms with Crippen molar-refractivity contribution in [3.05, 3.63) is 60.8 Å². The van der Waals surface area contributed by atoms with E-state index in [2.05, 4.69) is 62.5 Å². The number of rotatable bonds is 30. The van der Waals surface area contributed by atoms with Gasteiger partial charge in [-0.05, 0) is 70.6 Å². The van der Waals surface area contributed by atoms with Crippen LogP contribution < -0.4 is 0 Å². The molecule has 0 bridgehead atoms. The summed E-state index contributed by atoms with van der Waals surface area (Å²) < 4.78 is 16.2. The van der Waals surface area contributed by atoms with E-state index in [-0.39, 0.29) is 31.6 Å². The van der Waals surface area contributed by atoms with Crippen LogP contribution >= 0.6 is 0 Å². The lowest BCUT2D eigenvalue weighted by Gasteiger charge is -2.18. The highest BCUT2D eigenvalue weighted by Crippen LogP contribution is 2.11. The van der Waals surface area contributed by atoms with E-state index in [9.17, 15) is 14.4 Å². The van der Waals surface area contributed by atoms with Gasteiger partial charge in [0.2, 0.25) is 0 Å². The largest absolute Gasteiger partial charge is 0.462 e. The van der Waals surface area contributed by atoms with Gasteiger partial charge in [0.1, 0.15) is 13.2 Å². The molecule has 1 atom stereocenters. The molecule has 0 heterocycles. The van der Waals surface area contributed by atoms with Crippen LogP contribution in [0.5, 0.6) is 0 Å². The summed E-state index contributed by atoms with van der Waals surface area (Å²) in [6.45, 7) is 6.04. The minimum atomic E-state index is -0.807. The van der Waals surface area contributed by atoms with E-state index in [4.69, 9.17) is 14.2 Å². The maximum Gasteiger partial charge on any atom is 0.310 e. The van der Waals surface area contributed by atoms with Crippen molar-refractivity contribution in [2.75, 3.05) is 13.2 Å². The van der Waals surface area contributed by atoms with Crippen molar-refractivity contribution >= 4 is 17.9 Å². The van der Waals surface area contributed by atoms with Gasteiger partial charge in [0, 0.05) is 12.8 Å². The lowest BCUT2D eigenvalue weighted by molar-refractivity contribution is -0.166. The predicted molar refractivity (Wildman–Crippen MR) is 187 cm³/mol. The maximum absolute atomic E-state index is 12.3. The Kier molecular flexibility index (Phi) is 31.8. The summed E-state index contributed by atoms with van der Waals surface area (Å²) in [6.07, 6.45) is 38.8. The summed E-state index contributed by atoms with van der Waals surface area (Å²) in [5.74, 6) is -1.07. The molecule has 6 heteroatoms. The van der Waals surface area contributed by atoms with Gasteiger partial charge in [-0.1, -0.05) is 120 Å². The Labute approximate surface area is 275 Å². The van der Waals surface area contributed by atoms with Gasteiger partial charge < -0.3 is 14.2 Å². The molecule has 256 valence electrons. The molecule has 0 aliphatic rings. The van der Waals surface area contributed by atoms with Crippen molar-refractivity contribution in [3.63, 3.8) is 0 Å². The maximum atomic E-state index is 12.3. The summed E-state index contributed by atoms with van der Waals surface area (Å²) >= 11 is 0. The molecule has 1 unspecified atom stereocenters. The number of esters is 3. The lowest BCUT2D eigenvalue weighted by atomic mass is 10.1. The number of hydrogen-bond acceptors (Lipinski definition) is 6. The zero-order valence-corrected chi connectivity index (χ0v) is 28.9. The third-order valence-corrected chi connectivity index (χ3v) is 7.03. The molecule has 0 radical (unpaired) electrons. The monoisotopic (exact) mass is 628 g/mol. The van der Waals surface area contributed by atoms with Gasteiger partial charge in [-0.25, -0.2) is 0 Å². The first-order chi connectivity index (χ1) is 22.0. The molecule has 0 aromatic heterocycles. The molecule has 0 aromatic rings. The SMILES string of the molecule is CC/C=C\C/C=C\C/C=C\CCCCCCCC(=O)OCC(COC(=O)CCCCCCC/C=C\CC)OC(=O)C/C=C\CC. The third-order valence-electron chi connectivity index (χ3n) is 7.03. The summed E-state index contributed by atoms with van der Waals surface area (Å²) in [6, 6.07) is 0. The average Bonchev–Trinajstić information content (AvgIpc) is 3.03. The minimum absolute atomic E-state index is 0.111. The Balaban J connectivity index is 4.20. The Morgan fingerprint density at radius 1 is 0.467 bits per heavy atom. The Morgan fingerprint density at radius 2 is 0.867 bits per heavy atom. The average molecular weight is 629 g/mol. The molecule has 0 saturated carbocycles. The van der Waals surface area contributed by atoms with E-state index in [1.54, 1.807) is 6.08 Å². The number of carbonyl (C=O) groups is 3. The van der Waals surface area contributed by atoms with Gasteiger partial charge in [0.15, 0.2) is 6.10 Å². The van der Waals surface area contributed by atoms with Crippen LogP contribution in [0.15, 0.2) is 60.8 Å². The summed E-state index contributed by atoms with van der Waals surface area (Å²) in [5, 5.41) is 0. The number of allylic oxidation sites excluding steroid dienone is 9. The van der Waals surface area contributed by atoms with Crippen LogP contribution in [0.25, 0.3) is 0 Å². The van der Waals surface area contributed by atoms with Gasteiger partial charge in [-0.3, -0.25) is 14.4 Å². The van der Waals surface area contributed by atoms with Crippen molar-refractivity contribution < 1.29 is 28.6 Å². The molecule has 0 rings (SSSR count). The molecular weight excluding hydrogens is 564 g/mol. The van der Waals surface area contributed by atoms with Crippen molar-refractivity contribution in [2.45, 2.75) is 155 Å². The summed E-state index contributed by atoms with van der Waals surface area (Å²) in [5.41, 5.74) is 0. The van der Waals surface area contributed by atoms with E-state index in [0.717, 1.165) is 103 Å². The highest BCUT2D eigenvalue weighted by molar-refractivity contribution is 5.72. The second-order valence-electron chi connectivity index (χ2n) is 11.3. The van der Waals surface area contributed by atoms with Gasteiger partial charge >= 0.3 is 17.9 Å². The molecule has 0 aliphatic carbocycles. The molecule has 45 heavy (non-hydrogen) atoms. The third kappa shape index (κ3) is 32.3. The standard InChI is InChI=1S/C39H64O6/c1-4-7-10-12-14-16-17-18-19-20-21-23-25-27-30-32-38(41)44-35-36(45-39(42)33-28-9-6-3)34-43-37(40)31-29-26-24-22-15-13-11-8-5-2/h7-11,14,16,18-19,28,36H,4-6,12-13,15,17,20-27,29-35H2,1-3H3/b10-7-,11-8-,16-14-,19-18-,28-9-. The Morgan fingerprint density at radius 3 is 1.40 bits per heavy atom. The van der Waals surface area contributed by atoms with Gasteiger partial charge in [-0.2, -0.15) is 0 Å². The number of unbranched alkanes of at least 4 members (excludes halogenated alkanes) is 10. The van der Waals surface area contributed by atoms with Crippen molar-refractivity contribution in [1.29, 1.82) is 0 Å². The zero-order chi connectivity index (χ0) is 33.1. The molecule has 6 nitrogen and oxygen atoms in total. The van der Waals surface area contributed by atoms with E-state index in [0.29, 0.717) is 12.8 Å². The molecule has 0 fully saturated rings.